The number of aromatic nitrogens is 5. The summed E-state index contributed by atoms with van der Waals surface area (Å²) in [6.07, 6.45) is 4.30. The third-order valence-corrected chi connectivity index (χ3v) is 5.37. The highest BCUT2D eigenvalue weighted by Crippen LogP contribution is 2.33. The zero-order chi connectivity index (χ0) is 22.1. The normalized spacial score (nSPS) is 21.1. The maximum Gasteiger partial charge on any atom is 0.434 e. The van der Waals surface area contributed by atoms with Gasteiger partial charge in [0.05, 0.1) is 29.7 Å². The molecule has 0 radical (unpaired) electrons. The smallest absolute Gasteiger partial charge is 0.362 e. The predicted octanol–water partition coefficient (Wildman–Crippen LogP) is 3.23. The maximum atomic E-state index is 13.0. The van der Waals surface area contributed by atoms with E-state index in [4.69, 9.17) is 0 Å². The van der Waals surface area contributed by atoms with Crippen molar-refractivity contribution < 1.29 is 18.0 Å². The highest BCUT2D eigenvalue weighted by atomic mass is 19.4. The van der Waals surface area contributed by atoms with Crippen molar-refractivity contribution in [2.45, 2.75) is 43.9 Å². The monoisotopic (exact) mass is 431 g/mol. The van der Waals surface area contributed by atoms with Crippen molar-refractivity contribution in [3.05, 3.63) is 60.6 Å². The molecule has 1 amide bonds. The van der Waals surface area contributed by atoms with E-state index in [2.05, 4.69) is 30.7 Å². The number of carbonyl (C=O) groups excluding carboxylic acids is 1. The lowest BCUT2D eigenvalue weighted by Gasteiger charge is -2.33. The topological polar surface area (TPSA) is 97.6 Å². The number of amides is 1. The quantitative estimate of drug-likeness (QED) is 0.644. The Bertz CT molecular complexity index is 1050. The van der Waals surface area contributed by atoms with Crippen molar-refractivity contribution in [1.29, 1.82) is 0 Å². The van der Waals surface area contributed by atoms with Crippen LogP contribution in [-0.4, -0.2) is 42.2 Å². The lowest BCUT2D eigenvalue weighted by molar-refractivity contribution is -0.141. The van der Waals surface area contributed by atoms with Gasteiger partial charge >= 0.3 is 6.18 Å². The van der Waals surface area contributed by atoms with Crippen LogP contribution >= 0.6 is 0 Å². The summed E-state index contributed by atoms with van der Waals surface area (Å²) in [5, 5.41) is 10.3. The molecule has 1 aliphatic carbocycles. The Morgan fingerprint density at radius 3 is 2.71 bits per heavy atom. The lowest BCUT2D eigenvalue weighted by Crippen LogP contribution is -2.52. The van der Waals surface area contributed by atoms with Crippen molar-refractivity contribution >= 4 is 11.7 Å². The van der Waals surface area contributed by atoms with Gasteiger partial charge in [-0.05, 0) is 44.4 Å². The van der Waals surface area contributed by atoms with Gasteiger partial charge in [-0.3, -0.25) is 4.79 Å². The van der Waals surface area contributed by atoms with Crippen LogP contribution in [-0.2, 0) is 6.18 Å². The second-order valence-corrected chi connectivity index (χ2v) is 7.57. The second kappa shape index (κ2) is 7.97. The standard InChI is InChI=1S/C20H20F3N7O/c1-19(29-16-12-25-15(11-26-16)20(21,22)23)7-2-6-14(19)28-18(31)17-13(5-3-8-24-17)30-10-4-9-27-30/h3-5,8-12,14H,2,6-7H2,1H3,(H,26,29)(H,28,31)/t14?,19-/m0/s1. The van der Waals surface area contributed by atoms with E-state index in [1.807, 2.05) is 6.92 Å². The third-order valence-electron chi connectivity index (χ3n) is 5.37. The van der Waals surface area contributed by atoms with E-state index in [0.717, 1.165) is 12.6 Å². The number of alkyl halides is 3. The number of hydrogen-bond acceptors (Lipinski definition) is 6. The first-order chi connectivity index (χ1) is 14.8. The molecular weight excluding hydrogens is 411 g/mol. The van der Waals surface area contributed by atoms with Gasteiger partial charge in [-0.25, -0.2) is 19.6 Å². The van der Waals surface area contributed by atoms with E-state index < -0.39 is 17.4 Å². The van der Waals surface area contributed by atoms with Crippen LogP contribution in [0.1, 0.15) is 42.4 Å². The minimum absolute atomic E-state index is 0.215. The first-order valence-electron chi connectivity index (χ1n) is 9.70. The third kappa shape index (κ3) is 4.35. The Morgan fingerprint density at radius 2 is 2.03 bits per heavy atom. The van der Waals surface area contributed by atoms with Crippen molar-refractivity contribution in [3.63, 3.8) is 0 Å². The van der Waals surface area contributed by atoms with Gasteiger partial charge in [-0.2, -0.15) is 18.3 Å². The molecule has 0 saturated heterocycles. The molecule has 1 fully saturated rings. The minimum atomic E-state index is -4.55. The molecule has 0 bridgehead atoms. The average molecular weight is 431 g/mol. The van der Waals surface area contributed by atoms with Crippen LogP contribution < -0.4 is 10.6 Å². The maximum absolute atomic E-state index is 13.0. The van der Waals surface area contributed by atoms with Gasteiger partial charge in [0.1, 0.15) is 5.82 Å². The molecule has 1 unspecified atom stereocenters. The molecule has 0 aromatic carbocycles. The molecule has 31 heavy (non-hydrogen) atoms. The zero-order valence-corrected chi connectivity index (χ0v) is 16.6. The number of rotatable bonds is 5. The SMILES string of the molecule is C[C@]1(Nc2cnc(C(F)(F)F)cn2)CCCC1NC(=O)c1ncccc1-n1cccn1. The molecule has 11 heteroatoms. The van der Waals surface area contributed by atoms with Crippen LogP contribution in [0.5, 0.6) is 0 Å². The highest BCUT2D eigenvalue weighted by molar-refractivity contribution is 5.96. The summed E-state index contributed by atoms with van der Waals surface area (Å²) in [7, 11) is 0. The number of anilines is 1. The molecule has 0 aliphatic heterocycles. The number of halogens is 3. The molecule has 1 aliphatic rings. The molecule has 1 saturated carbocycles. The lowest BCUT2D eigenvalue weighted by atomic mass is 9.95. The van der Waals surface area contributed by atoms with E-state index >= 15 is 0 Å². The van der Waals surface area contributed by atoms with E-state index in [-0.39, 0.29) is 23.5 Å². The summed E-state index contributed by atoms with van der Waals surface area (Å²) in [5.74, 6) is -0.142. The van der Waals surface area contributed by atoms with Crippen LogP contribution in [0.3, 0.4) is 0 Å². The van der Waals surface area contributed by atoms with Gasteiger partial charge in [0.15, 0.2) is 11.4 Å². The number of pyridine rings is 1. The van der Waals surface area contributed by atoms with Crippen molar-refractivity contribution in [1.82, 2.24) is 30.0 Å². The van der Waals surface area contributed by atoms with Crippen LogP contribution in [0.25, 0.3) is 5.69 Å². The molecule has 0 spiro atoms. The summed E-state index contributed by atoms with van der Waals surface area (Å²) in [4.78, 5) is 24.5. The predicted molar refractivity (Wildman–Crippen MR) is 106 cm³/mol. The summed E-state index contributed by atoms with van der Waals surface area (Å²) in [6, 6.07) is 4.94. The second-order valence-electron chi connectivity index (χ2n) is 7.57. The molecule has 162 valence electrons. The van der Waals surface area contributed by atoms with E-state index in [1.54, 1.807) is 35.3 Å². The first kappa shape index (κ1) is 20.8. The Morgan fingerprint density at radius 1 is 1.19 bits per heavy atom. The summed E-state index contributed by atoms with van der Waals surface area (Å²) in [5.41, 5.74) is -0.883. The van der Waals surface area contributed by atoms with Crippen molar-refractivity contribution in [2.24, 2.45) is 0 Å². The molecule has 2 N–H and O–H groups in total. The van der Waals surface area contributed by atoms with Gasteiger partial charge in [-0.15, -0.1) is 0 Å². The Kier molecular flexibility index (Phi) is 5.34. The zero-order valence-electron chi connectivity index (χ0n) is 16.6. The van der Waals surface area contributed by atoms with E-state index in [1.165, 1.54) is 6.20 Å². The molecule has 3 aromatic rings. The van der Waals surface area contributed by atoms with Crippen LogP contribution in [0.4, 0.5) is 19.0 Å². The highest BCUT2D eigenvalue weighted by Gasteiger charge is 2.41. The van der Waals surface area contributed by atoms with Crippen LogP contribution in [0.15, 0.2) is 49.2 Å². The summed E-state index contributed by atoms with van der Waals surface area (Å²) in [6.45, 7) is 1.90. The number of nitrogens with one attached hydrogen (secondary N) is 2. The van der Waals surface area contributed by atoms with Gasteiger partial charge in [0.25, 0.3) is 5.91 Å². The van der Waals surface area contributed by atoms with E-state index in [0.29, 0.717) is 24.7 Å². The van der Waals surface area contributed by atoms with Gasteiger partial charge in [0.2, 0.25) is 0 Å². The van der Waals surface area contributed by atoms with E-state index in [9.17, 15) is 18.0 Å². The number of carbonyl (C=O) groups is 1. The largest absolute Gasteiger partial charge is 0.434 e. The summed E-state index contributed by atoms with van der Waals surface area (Å²) < 4.78 is 39.7. The van der Waals surface area contributed by atoms with Crippen LogP contribution in [0, 0.1) is 0 Å². The number of nitrogens with zero attached hydrogens (tertiary/aromatic N) is 5. The summed E-state index contributed by atoms with van der Waals surface area (Å²) >= 11 is 0. The fourth-order valence-corrected chi connectivity index (χ4v) is 3.77. The molecule has 8 nitrogen and oxygen atoms in total. The van der Waals surface area contributed by atoms with Crippen molar-refractivity contribution in [2.75, 3.05) is 5.32 Å². The molecule has 3 aromatic heterocycles. The van der Waals surface area contributed by atoms with Gasteiger partial charge < -0.3 is 10.6 Å². The number of hydrogen-bond donors (Lipinski definition) is 2. The van der Waals surface area contributed by atoms with Gasteiger partial charge in [0, 0.05) is 18.6 Å². The first-order valence-corrected chi connectivity index (χ1v) is 9.70. The fraction of sp³-hybridized carbons (Fsp3) is 0.350. The van der Waals surface area contributed by atoms with Gasteiger partial charge in [-0.1, -0.05) is 0 Å². The molecular formula is C20H20F3N7O. The minimum Gasteiger partial charge on any atom is -0.362 e. The molecule has 2 atom stereocenters. The van der Waals surface area contributed by atoms with Crippen LogP contribution in [0.2, 0.25) is 0 Å². The molecule has 3 heterocycles. The Hall–Kier alpha value is -3.50. The Labute approximate surface area is 175 Å². The van der Waals surface area contributed by atoms with Crippen molar-refractivity contribution in [3.8, 4) is 5.69 Å². The fourth-order valence-electron chi connectivity index (χ4n) is 3.77. The average Bonchev–Trinajstić information content (AvgIpc) is 3.38. The molecule has 4 rings (SSSR count). The Balaban J connectivity index is 1.51.